The lowest BCUT2D eigenvalue weighted by molar-refractivity contribution is 0.356. The van der Waals surface area contributed by atoms with Crippen LogP contribution in [0.1, 0.15) is 18.9 Å². The topological polar surface area (TPSA) is 56.3 Å². The molecular formula is C16H21N3O2. The van der Waals surface area contributed by atoms with Gasteiger partial charge in [0.25, 0.3) is 0 Å². The lowest BCUT2D eigenvalue weighted by Gasteiger charge is -2.16. The Bertz CT molecular complexity index is 614. The summed E-state index contributed by atoms with van der Waals surface area (Å²) in [6.07, 6.45) is 3.48. The van der Waals surface area contributed by atoms with Crippen LogP contribution >= 0.6 is 0 Å². The van der Waals surface area contributed by atoms with Crippen LogP contribution < -0.4 is 14.8 Å². The van der Waals surface area contributed by atoms with Gasteiger partial charge in [0.1, 0.15) is 12.1 Å². The summed E-state index contributed by atoms with van der Waals surface area (Å²) in [6, 6.07) is 5.80. The first-order valence-electron chi connectivity index (χ1n) is 6.99. The second kappa shape index (κ2) is 6.92. The van der Waals surface area contributed by atoms with Crippen LogP contribution in [-0.4, -0.2) is 31.2 Å². The van der Waals surface area contributed by atoms with Crippen LogP contribution in [0, 0.1) is 0 Å². The highest BCUT2D eigenvalue weighted by molar-refractivity contribution is 5.76. The molecule has 1 aromatic heterocycles. The van der Waals surface area contributed by atoms with E-state index in [1.54, 1.807) is 20.5 Å². The van der Waals surface area contributed by atoms with E-state index in [0.29, 0.717) is 11.5 Å². The van der Waals surface area contributed by atoms with Gasteiger partial charge in [-0.2, -0.15) is 0 Å². The zero-order chi connectivity index (χ0) is 15.2. The van der Waals surface area contributed by atoms with Crippen LogP contribution in [0.3, 0.4) is 0 Å². The summed E-state index contributed by atoms with van der Waals surface area (Å²) in [5.74, 6) is 2.24. The van der Waals surface area contributed by atoms with Gasteiger partial charge in [0, 0.05) is 18.2 Å². The fourth-order valence-electron chi connectivity index (χ4n) is 2.42. The SMILES string of the molecule is CCCc1c(NC)ncnc1-c1cccc(OC)c1OC. The highest BCUT2D eigenvalue weighted by Gasteiger charge is 2.17. The van der Waals surface area contributed by atoms with E-state index in [4.69, 9.17) is 9.47 Å². The van der Waals surface area contributed by atoms with Gasteiger partial charge in [0.2, 0.25) is 0 Å². The van der Waals surface area contributed by atoms with Crippen molar-refractivity contribution >= 4 is 5.82 Å². The van der Waals surface area contributed by atoms with Crippen molar-refractivity contribution in [3.8, 4) is 22.8 Å². The molecule has 5 heteroatoms. The second-order valence-electron chi connectivity index (χ2n) is 4.59. The molecule has 0 aliphatic carbocycles. The molecule has 2 rings (SSSR count). The first kappa shape index (κ1) is 15.1. The number of methoxy groups -OCH3 is 2. The van der Waals surface area contributed by atoms with Gasteiger partial charge < -0.3 is 14.8 Å². The van der Waals surface area contributed by atoms with Crippen molar-refractivity contribution in [2.24, 2.45) is 0 Å². The number of ether oxygens (including phenoxy) is 2. The molecule has 0 amide bonds. The summed E-state index contributed by atoms with van der Waals surface area (Å²) < 4.78 is 10.9. The molecule has 0 aliphatic rings. The molecule has 2 aromatic rings. The van der Waals surface area contributed by atoms with Gasteiger partial charge in [-0.3, -0.25) is 0 Å². The number of rotatable bonds is 6. The minimum Gasteiger partial charge on any atom is -0.493 e. The maximum Gasteiger partial charge on any atom is 0.170 e. The molecule has 1 N–H and O–H groups in total. The van der Waals surface area contributed by atoms with E-state index in [2.05, 4.69) is 22.2 Å². The van der Waals surface area contributed by atoms with E-state index in [-0.39, 0.29) is 0 Å². The number of hydrogen-bond acceptors (Lipinski definition) is 5. The Labute approximate surface area is 125 Å². The van der Waals surface area contributed by atoms with Crippen molar-refractivity contribution in [1.82, 2.24) is 9.97 Å². The molecule has 0 spiro atoms. The van der Waals surface area contributed by atoms with Gasteiger partial charge in [-0.05, 0) is 18.6 Å². The first-order chi connectivity index (χ1) is 10.3. The van der Waals surface area contributed by atoms with Gasteiger partial charge in [-0.1, -0.05) is 19.4 Å². The summed E-state index contributed by atoms with van der Waals surface area (Å²) in [6.45, 7) is 2.14. The number of nitrogens with one attached hydrogen (secondary N) is 1. The van der Waals surface area contributed by atoms with Gasteiger partial charge in [-0.15, -0.1) is 0 Å². The Morgan fingerprint density at radius 1 is 1.14 bits per heavy atom. The van der Waals surface area contributed by atoms with Crippen LogP contribution in [0.15, 0.2) is 24.5 Å². The van der Waals surface area contributed by atoms with E-state index in [9.17, 15) is 0 Å². The predicted molar refractivity (Wildman–Crippen MR) is 84.1 cm³/mol. The van der Waals surface area contributed by atoms with Crippen molar-refractivity contribution in [3.63, 3.8) is 0 Å². The lowest BCUT2D eigenvalue weighted by atomic mass is 10.0. The number of hydrogen-bond donors (Lipinski definition) is 1. The van der Waals surface area contributed by atoms with Gasteiger partial charge >= 0.3 is 0 Å². The Morgan fingerprint density at radius 3 is 2.57 bits per heavy atom. The Kier molecular flexibility index (Phi) is 4.98. The number of anilines is 1. The molecule has 1 aromatic carbocycles. The molecule has 0 atom stereocenters. The molecule has 0 aliphatic heterocycles. The summed E-state index contributed by atoms with van der Waals surface area (Å²) >= 11 is 0. The molecule has 1 heterocycles. The quantitative estimate of drug-likeness (QED) is 0.884. The Hall–Kier alpha value is -2.30. The van der Waals surface area contributed by atoms with E-state index in [1.165, 1.54) is 0 Å². The number of para-hydroxylation sites is 1. The van der Waals surface area contributed by atoms with Crippen molar-refractivity contribution in [1.29, 1.82) is 0 Å². The van der Waals surface area contributed by atoms with Crippen molar-refractivity contribution < 1.29 is 9.47 Å². The van der Waals surface area contributed by atoms with Crippen molar-refractivity contribution in [3.05, 3.63) is 30.1 Å². The zero-order valence-corrected chi connectivity index (χ0v) is 12.9. The molecule has 112 valence electrons. The molecule has 5 nitrogen and oxygen atoms in total. The third-order valence-electron chi connectivity index (χ3n) is 3.34. The molecule has 21 heavy (non-hydrogen) atoms. The summed E-state index contributed by atoms with van der Waals surface area (Å²) in [7, 11) is 5.14. The normalized spacial score (nSPS) is 10.3. The van der Waals surface area contributed by atoms with Crippen LogP contribution in [0.25, 0.3) is 11.3 Å². The van der Waals surface area contributed by atoms with Crippen LogP contribution in [0.4, 0.5) is 5.82 Å². The third-order valence-corrected chi connectivity index (χ3v) is 3.34. The fraction of sp³-hybridized carbons (Fsp3) is 0.375. The third kappa shape index (κ3) is 2.91. The summed E-state index contributed by atoms with van der Waals surface area (Å²) in [4.78, 5) is 8.78. The molecule has 0 fully saturated rings. The maximum absolute atomic E-state index is 5.52. The van der Waals surface area contributed by atoms with Crippen molar-refractivity contribution in [2.45, 2.75) is 19.8 Å². The average Bonchev–Trinajstić information content (AvgIpc) is 2.54. The highest BCUT2D eigenvalue weighted by atomic mass is 16.5. The van der Waals surface area contributed by atoms with Gasteiger partial charge in [-0.25, -0.2) is 9.97 Å². The molecule has 0 radical (unpaired) electrons. The monoisotopic (exact) mass is 287 g/mol. The largest absolute Gasteiger partial charge is 0.493 e. The second-order valence-corrected chi connectivity index (χ2v) is 4.59. The smallest absolute Gasteiger partial charge is 0.170 e. The van der Waals surface area contributed by atoms with Crippen LogP contribution in [0.5, 0.6) is 11.5 Å². The van der Waals surface area contributed by atoms with Gasteiger partial charge in [0.15, 0.2) is 11.5 Å². The molecule has 0 saturated heterocycles. The summed E-state index contributed by atoms with van der Waals surface area (Å²) in [5.41, 5.74) is 2.89. The zero-order valence-electron chi connectivity index (χ0n) is 12.9. The Morgan fingerprint density at radius 2 is 1.95 bits per heavy atom. The van der Waals surface area contributed by atoms with E-state index in [1.807, 2.05) is 25.2 Å². The molecule has 0 bridgehead atoms. The fourth-order valence-corrected chi connectivity index (χ4v) is 2.42. The summed E-state index contributed by atoms with van der Waals surface area (Å²) in [5, 5.41) is 3.13. The van der Waals surface area contributed by atoms with E-state index in [0.717, 1.165) is 35.5 Å². The van der Waals surface area contributed by atoms with Gasteiger partial charge in [0.05, 0.1) is 19.9 Å². The first-order valence-corrected chi connectivity index (χ1v) is 6.99. The van der Waals surface area contributed by atoms with Crippen LogP contribution in [0.2, 0.25) is 0 Å². The molecule has 0 unspecified atom stereocenters. The highest BCUT2D eigenvalue weighted by Crippen LogP contribution is 2.39. The minimum atomic E-state index is 0.693. The predicted octanol–water partition coefficient (Wildman–Crippen LogP) is 3.16. The van der Waals surface area contributed by atoms with Crippen molar-refractivity contribution in [2.75, 3.05) is 26.6 Å². The minimum absolute atomic E-state index is 0.693. The number of aromatic nitrogens is 2. The van der Waals surface area contributed by atoms with Crippen LogP contribution in [-0.2, 0) is 6.42 Å². The van der Waals surface area contributed by atoms with E-state index >= 15 is 0 Å². The maximum atomic E-state index is 5.52. The Balaban J connectivity index is 2.66. The van der Waals surface area contributed by atoms with E-state index < -0.39 is 0 Å². The standard InChI is InChI=1S/C16H21N3O2/c1-5-7-12-14(18-10-19-16(12)17-2)11-8-6-9-13(20-3)15(11)21-4/h6,8-10H,5,7H2,1-4H3,(H,17,18,19). The number of nitrogens with zero attached hydrogens (tertiary/aromatic N) is 2. The lowest BCUT2D eigenvalue weighted by Crippen LogP contribution is -2.04. The molecule has 0 saturated carbocycles. The molecular weight excluding hydrogens is 266 g/mol. The average molecular weight is 287 g/mol. The number of benzene rings is 1.